The molecular formula is C21H25NO3. The maximum absolute atomic E-state index is 12.6. The molecule has 1 amide bonds. The Hall–Kier alpha value is -2.49. The Morgan fingerprint density at radius 2 is 1.68 bits per heavy atom. The molecule has 3 rings (SSSR count). The molecule has 132 valence electrons. The van der Waals surface area contributed by atoms with Crippen LogP contribution in [-0.2, 0) is 4.79 Å². The molecule has 1 N–H and O–H groups in total. The summed E-state index contributed by atoms with van der Waals surface area (Å²) in [6, 6.07) is 15.2. The summed E-state index contributed by atoms with van der Waals surface area (Å²) >= 11 is 0. The van der Waals surface area contributed by atoms with E-state index in [1.807, 2.05) is 55.1 Å². The van der Waals surface area contributed by atoms with Gasteiger partial charge in [0.25, 0.3) is 5.91 Å². The van der Waals surface area contributed by atoms with Crippen molar-refractivity contribution < 1.29 is 14.6 Å². The molecule has 0 spiro atoms. The van der Waals surface area contributed by atoms with Crippen molar-refractivity contribution in [3.8, 4) is 11.5 Å². The molecule has 2 aromatic rings. The number of phenols is 1. The lowest BCUT2D eigenvalue weighted by Gasteiger charge is -2.33. The lowest BCUT2D eigenvalue weighted by Crippen LogP contribution is -2.44. The summed E-state index contributed by atoms with van der Waals surface area (Å²) < 4.78 is 5.79. The van der Waals surface area contributed by atoms with Crippen LogP contribution in [0.3, 0.4) is 0 Å². The minimum Gasteiger partial charge on any atom is -0.508 e. The predicted molar refractivity (Wildman–Crippen MR) is 97.9 cm³/mol. The molecule has 1 heterocycles. The Morgan fingerprint density at radius 3 is 2.28 bits per heavy atom. The number of aromatic hydroxyl groups is 1. The van der Waals surface area contributed by atoms with Gasteiger partial charge in [-0.3, -0.25) is 4.79 Å². The van der Waals surface area contributed by atoms with Gasteiger partial charge in [-0.05, 0) is 62.4 Å². The molecule has 4 nitrogen and oxygen atoms in total. The van der Waals surface area contributed by atoms with E-state index in [9.17, 15) is 9.90 Å². The number of nitrogens with zero attached hydrogens (tertiary/aromatic N) is 1. The average Bonchev–Trinajstić information content (AvgIpc) is 2.64. The number of phenolic OH excluding ortho intramolecular Hbond substituents is 1. The first kappa shape index (κ1) is 17.3. The summed E-state index contributed by atoms with van der Waals surface area (Å²) in [5.41, 5.74) is 2.40. The fourth-order valence-corrected chi connectivity index (χ4v) is 3.31. The largest absolute Gasteiger partial charge is 0.508 e. The molecule has 4 heteroatoms. The standard InChI is InChI=1S/C21H25NO3/c1-15-3-9-20(10-4-15)25-16(2)21(24)22-13-11-18(12-14-22)17-5-7-19(23)8-6-17/h3-10,16,18,23H,11-14H2,1-2H3/t16-/m1/s1. The Kier molecular flexibility index (Phi) is 5.27. The highest BCUT2D eigenvalue weighted by Crippen LogP contribution is 2.29. The Labute approximate surface area is 149 Å². The molecule has 25 heavy (non-hydrogen) atoms. The number of carbonyl (C=O) groups is 1. The van der Waals surface area contributed by atoms with Crippen molar-refractivity contribution in [3.63, 3.8) is 0 Å². The second kappa shape index (κ2) is 7.60. The topological polar surface area (TPSA) is 49.8 Å². The number of rotatable bonds is 4. The first-order valence-corrected chi connectivity index (χ1v) is 8.84. The lowest BCUT2D eigenvalue weighted by atomic mass is 9.89. The van der Waals surface area contributed by atoms with E-state index in [-0.39, 0.29) is 5.91 Å². The van der Waals surface area contributed by atoms with Gasteiger partial charge in [0, 0.05) is 13.1 Å². The van der Waals surface area contributed by atoms with Crippen molar-refractivity contribution in [1.82, 2.24) is 4.90 Å². The molecule has 1 fully saturated rings. The molecule has 1 aliphatic heterocycles. The molecule has 0 bridgehead atoms. The van der Waals surface area contributed by atoms with Crippen LogP contribution in [0.4, 0.5) is 0 Å². The van der Waals surface area contributed by atoms with Crippen LogP contribution in [0.1, 0.15) is 36.8 Å². The Morgan fingerprint density at radius 1 is 1.08 bits per heavy atom. The number of amides is 1. The van der Waals surface area contributed by atoms with Gasteiger partial charge < -0.3 is 14.7 Å². The fraction of sp³-hybridized carbons (Fsp3) is 0.381. The summed E-state index contributed by atoms with van der Waals surface area (Å²) in [5.74, 6) is 1.51. The molecule has 0 saturated carbocycles. The fourth-order valence-electron chi connectivity index (χ4n) is 3.31. The normalized spacial score (nSPS) is 16.5. The Bertz CT molecular complexity index is 701. The minimum atomic E-state index is -0.479. The molecule has 0 aliphatic carbocycles. The maximum atomic E-state index is 12.6. The molecule has 0 aromatic heterocycles. The third-order valence-electron chi connectivity index (χ3n) is 4.85. The SMILES string of the molecule is Cc1ccc(O[C@H](C)C(=O)N2CCC(c3ccc(O)cc3)CC2)cc1. The lowest BCUT2D eigenvalue weighted by molar-refractivity contribution is -0.139. The van der Waals surface area contributed by atoms with E-state index in [1.165, 1.54) is 11.1 Å². The van der Waals surface area contributed by atoms with Crippen LogP contribution in [0.2, 0.25) is 0 Å². The highest BCUT2D eigenvalue weighted by Gasteiger charge is 2.27. The van der Waals surface area contributed by atoms with E-state index < -0.39 is 6.10 Å². The van der Waals surface area contributed by atoms with Crippen molar-refractivity contribution in [2.45, 2.75) is 38.7 Å². The van der Waals surface area contributed by atoms with E-state index >= 15 is 0 Å². The summed E-state index contributed by atoms with van der Waals surface area (Å²) in [4.78, 5) is 14.5. The molecule has 0 unspecified atom stereocenters. The predicted octanol–water partition coefficient (Wildman–Crippen LogP) is 3.87. The van der Waals surface area contributed by atoms with Crippen LogP contribution in [0.5, 0.6) is 11.5 Å². The van der Waals surface area contributed by atoms with Crippen LogP contribution in [0.25, 0.3) is 0 Å². The molecule has 1 saturated heterocycles. The van der Waals surface area contributed by atoms with E-state index in [4.69, 9.17) is 4.74 Å². The van der Waals surface area contributed by atoms with Crippen molar-refractivity contribution in [3.05, 3.63) is 59.7 Å². The van der Waals surface area contributed by atoms with Crippen LogP contribution in [0, 0.1) is 6.92 Å². The minimum absolute atomic E-state index is 0.0460. The zero-order chi connectivity index (χ0) is 17.8. The summed E-state index contributed by atoms with van der Waals surface area (Å²) in [6.07, 6.45) is 1.40. The number of hydrogen-bond donors (Lipinski definition) is 1. The molecule has 1 atom stereocenters. The summed E-state index contributed by atoms with van der Waals surface area (Å²) in [6.45, 7) is 5.32. The number of carbonyl (C=O) groups excluding carboxylic acids is 1. The van der Waals surface area contributed by atoms with Crippen LogP contribution < -0.4 is 4.74 Å². The van der Waals surface area contributed by atoms with Crippen molar-refractivity contribution >= 4 is 5.91 Å². The quantitative estimate of drug-likeness (QED) is 0.920. The maximum Gasteiger partial charge on any atom is 0.263 e. The molecule has 2 aromatic carbocycles. The third-order valence-corrected chi connectivity index (χ3v) is 4.85. The van der Waals surface area contributed by atoms with Gasteiger partial charge >= 0.3 is 0 Å². The van der Waals surface area contributed by atoms with Gasteiger partial charge in [-0.1, -0.05) is 29.8 Å². The molecular weight excluding hydrogens is 314 g/mol. The molecule has 1 aliphatic rings. The van der Waals surface area contributed by atoms with Crippen molar-refractivity contribution in [2.24, 2.45) is 0 Å². The van der Waals surface area contributed by atoms with E-state index in [1.54, 1.807) is 12.1 Å². The van der Waals surface area contributed by atoms with E-state index in [0.717, 1.165) is 31.7 Å². The zero-order valence-electron chi connectivity index (χ0n) is 14.8. The summed E-state index contributed by atoms with van der Waals surface area (Å²) in [7, 11) is 0. The number of likely N-dealkylation sites (tertiary alicyclic amines) is 1. The number of benzene rings is 2. The van der Waals surface area contributed by atoms with Gasteiger partial charge in [0.15, 0.2) is 6.10 Å². The zero-order valence-corrected chi connectivity index (χ0v) is 14.8. The number of hydrogen-bond acceptors (Lipinski definition) is 3. The van der Waals surface area contributed by atoms with Gasteiger partial charge in [0.2, 0.25) is 0 Å². The number of ether oxygens (including phenoxy) is 1. The van der Waals surface area contributed by atoms with Gasteiger partial charge in [-0.2, -0.15) is 0 Å². The van der Waals surface area contributed by atoms with Crippen LogP contribution in [0.15, 0.2) is 48.5 Å². The van der Waals surface area contributed by atoms with Crippen molar-refractivity contribution in [2.75, 3.05) is 13.1 Å². The van der Waals surface area contributed by atoms with E-state index in [2.05, 4.69) is 0 Å². The Balaban J connectivity index is 1.53. The second-order valence-electron chi connectivity index (χ2n) is 6.76. The second-order valence-corrected chi connectivity index (χ2v) is 6.76. The summed E-state index contributed by atoms with van der Waals surface area (Å²) in [5, 5.41) is 9.40. The average molecular weight is 339 g/mol. The first-order valence-electron chi connectivity index (χ1n) is 8.84. The van der Waals surface area contributed by atoms with Gasteiger partial charge in [-0.25, -0.2) is 0 Å². The van der Waals surface area contributed by atoms with Crippen molar-refractivity contribution in [1.29, 1.82) is 0 Å². The van der Waals surface area contributed by atoms with E-state index in [0.29, 0.717) is 11.7 Å². The number of piperidine rings is 1. The third kappa shape index (κ3) is 4.32. The van der Waals surface area contributed by atoms with Crippen LogP contribution in [-0.4, -0.2) is 35.1 Å². The monoisotopic (exact) mass is 339 g/mol. The number of aryl methyl sites for hydroxylation is 1. The van der Waals surface area contributed by atoms with Gasteiger partial charge in [0.1, 0.15) is 11.5 Å². The molecule has 0 radical (unpaired) electrons. The highest BCUT2D eigenvalue weighted by atomic mass is 16.5. The highest BCUT2D eigenvalue weighted by molar-refractivity contribution is 5.81. The van der Waals surface area contributed by atoms with Gasteiger partial charge in [0.05, 0.1) is 0 Å². The smallest absolute Gasteiger partial charge is 0.263 e. The van der Waals surface area contributed by atoms with Crippen LogP contribution >= 0.6 is 0 Å². The van der Waals surface area contributed by atoms with Gasteiger partial charge in [-0.15, -0.1) is 0 Å². The first-order chi connectivity index (χ1) is 12.0.